The molecule has 0 saturated carbocycles. The van der Waals surface area contributed by atoms with Gasteiger partial charge in [0.15, 0.2) is 5.13 Å². The molecule has 0 radical (unpaired) electrons. The van der Waals surface area contributed by atoms with Crippen molar-refractivity contribution in [2.75, 3.05) is 18.0 Å². The summed E-state index contributed by atoms with van der Waals surface area (Å²) in [6.07, 6.45) is 2.98. The van der Waals surface area contributed by atoms with Gasteiger partial charge in [-0.25, -0.2) is 9.78 Å². The molecule has 4 N–H and O–H groups in total. The van der Waals surface area contributed by atoms with Crippen molar-refractivity contribution in [3.8, 4) is 5.75 Å². The van der Waals surface area contributed by atoms with Crippen molar-refractivity contribution in [1.82, 2.24) is 4.98 Å². The summed E-state index contributed by atoms with van der Waals surface area (Å²) in [5, 5.41) is 17.0. The first-order valence-corrected chi connectivity index (χ1v) is 9.31. The van der Waals surface area contributed by atoms with E-state index in [0.29, 0.717) is 48.1 Å². The molecule has 2 aromatic rings. The summed E-state index contributed by atoms with van der Waals surface area (Å²) in [5.41, 5.74) is 6.23. The number of carboxylic acid groups (broad SMARTS) is 1. The second-order valence-electron chi connectivity index (χ2n) is 6.34. The van der Waals surface area contributed by atoms with Crippen molar-refractivity contribution in [1.29, 1.82) is 5.41 Å². The zero-order valence-electron chi connectivity index (χ0n) is 14.6. The highest BCUT2D eigenvalue weighted by molar-refractivity contribution is 7.17. The van der Waals surface area contributed by atoms with E-state index in [0.717, 1.165) is 5.56 Å². The molecule has 0 unspecified atom stereocenters. The van der Waals surface area contributed by atoms with E-state index in [1.807, 2.05) is 4.90 Å². The van der Waals surface area contributed by atoms with Crippen molar-refractivity contribution < 1.29 is 19.4 Å². The van der Waals surface area contributed by atoms with Crippen molar-refractivity contribution >= 4 is 34.2 Å². The molecule has 1 fully saturated rings. The van der Waals surface area contributed by atoms with Gasteiger partial charge >= 0.3 is 11.9 Å². The fourth-order valence-electron chi connectivity index (χ4n) is 2.88. The van der Waals surface area contributed by atoms with E-state index in [1.54, 1.807) is 24.3 Å². The first-order chi connectivity index (χ1) is 12.9. The Morgan fingerprint density at radius 2 is 1.96 bits per heavy atom. The van der Waals surface area contributed by atoms with E-state index in [-0.39, 0.29) is 11.8 Å². The van der Waals surface area contributed by atoms with Gasteiger partial charge in [0.2, 0.25) is 0 Å². The van der Waals surface area contributed by atoms with Gasteiger partial charge in [0.05, 0.1) is 18.0 Å². The lowest BCUT2D eigenvalue weighted by Gasteiger charge is -2.29. The number of aromatic nitrogens is 1. The average molecular weight is 388 g/mol. The number of aliphatic carboxylic acids is 1. The maximum absolute atomic E-state index is 12.3. The number of rotatable bonds is 6. The molecule has 0 aliphatic carbocycles. The third-order valence-electron chi connectivity index (χ3n) is 4.34. The summed E-state index contributed by atoms with van der Waals surface area (Å²) < 4.78 is 5.36. The number of carboxylic acids is 1. The number of carbonyl (C=O) groups is 2. The highest BCUT2D eigenvalue weighted by atomic mass is 32.1. The van der Waals surface area contributed by atoms with Crippen LogP contribution >= 0.6 is 11.3 Å². The zero-order valence-corrected chi connectivity index (χ0v) is 15.4. The van der Waals surface area contributed by atoms with E-state index < -0.39 is 11.9 Å². The maximum Gasteiger partial charge on any atom is 0.355 e. The van der Waals surface area contributed by atoms with Gasteiger partial charge in [0.1, 0.15) is 10.6 Å². The lowest BCUT2D eigenvalue weighted by Crippen LogP contribution is -2.36. The van der Waals surface area contributed by atoms with Crippen LogP contribution in [0.1, 0.15) is 28.1 Å². The summed E-state index contributed by atoms with van der Waals surface area (Å²) in [6.45, 7) is 1.22. The van der Waals surface area contributed by atoms with Crippen LogP contribution in [0.25, 0.3) is 0 Å². The third kappa shape index (κ3) is 4.82. The molecule has 1 aromatic heterocycles. The molecular weight excluding hydrogens is 368 g/mol. The van der Waals surface area contributed by atoms with Crippen molar-refractivity contribution in [2.24, 2.45) is 11.7 Å². The third-order valence-corrected chi connectivity index (χ3v) is 5.38. The van der Waals surface area contributed by atoms with Gasteiger partial charge in [-0.1, -0.05) is 23.5 Å². The highest BCUT2D eigenvalue weighted by Gasteiger charge is 2.26. The Kier molecular flexibility index (Phi) is 5.70. The number of benzene rings is 1. The summed E-state index contributed by atoms with van der Waals surface area (Å²) in [5.74, 6) is -1.07. The van der Waals surface area contributed by atoms with Crippen LogP contribution in [-0.4, -0.2) is 41.0 Å². The van der Waals surface area contributed by atoms with E-state index in [1.165, 1.54) is 17.5 Å². The number of anilines is 1. The largest absolute Gasteiger partial charge is 0.481 e. The minimum absolute atomic E-state index is 0.0734. The second kappa shape index (κ2) is 8.17. The number of hydrogen-bond donors (Lipinski definition) is 3. The minimum atomic E-state index is -0.757. The van der Waals surface area contributed by atoms with Gasteiger partial charge in [-0.3, -0.25) is 10.2 Å². The average Bonchev–Trinajstić information content (AvgIpc) is 3.13. The van der Waals surface area contributed by atoms with Crippen LogP contribution in [0.5, 0.6) is 5.75 Å². The van der Waals surface area contributed by atoms with Crippen molar-refractivity contribution in [3.63, 3.8) is 0 Å². The van der Waals surface area contributed by atoms with Gasteiger partial charge in [0, 0.05) is 19.5 Å². The molecule has 9 heteroatoms. The fourth-order valence-corrected chi connectivity index (χ4v) is 3.72. The molecule has 0 atom stereocenters. The molecule has 3 rings (SSSR count). The predicted molar refractivity (Wildman–Crippen MR) is 102 cm³/mol. The Morgan fingerprint density at radius 3 is 2.56 bits per heavy atom. The monoisotopic (exact) mass is 388 g/mol. The Hall–Kier alpha value is -2.94. The summed E-state index contributed by atoms with van der Waals surface area (Å²) in [4.78, 5) is 30.0. The minimum Gasteiger partial charge on any atom is -0.481 e. The number of nitrogens with one attached hydrogen (secondary N) is 1. The molecule has 8 nitrogen and oxygen atoms in total. The van der Waals surface area contributed by atoms with Crippen LogP contribution in [0.15, 0.2) is 30.5 Å². The number of piperidine rings is 1. The number of nitrogens with two attached hydrogens (primary N) is 1. The fraction of sp³-hybridized carbons (Fsp3) is 0.333. The standard InChI is InChI=1S/C18H20N4O4S/c19-15(20)9-11-1-3-13(4-2-11)26-17(25)14-10-21-18(27-14)22-7-5-12(6-8-22)16(23)24/h1-4,10,12H,5-9H2,(H3,19,20)(H,23,24). The molecule has 0 bridgehead atoms. The summed E-state index contributed by atoms with van der Waals surface area (Å²) in [7, 11) is 0. The van der Waals surface area contributed by atoms with Crippen LogP contribution in [0.3, 0.4) is 0 Å². The van der Waals surface area contributed by atoms with Crippen molar-refractivity contribution in [3.05, 3.63) is 40.9 Å². The number of thiazole rings is 1. The number of nitrogens with zero attached hydrogens (tertiary/aromatic N) is 2. The number of carbonyl (C=O) groups excluding carboxylic acids is 1. The molecule has 2 heterocycles. The molecule has 142 valence electrons. The Bertz CT molecular complexity index is 841. The van der Waals surface area contributed by atoms with Gasteiger partial charge in [-0.2, -0.15) is 0 Å². The van der Waals surface area contributed by atoms with Crippen LogP contribution in [0.2, 0.25) is 0 Å². The topological polar surface area (TPSA) is 130 Å². The molecule has 0 amide bonds. The smallest absolute Gasteiger partial charge is 0.355 e. The Balaban J connectivity index is 1.58. The lowest BCUT2D eigenvalue weighted by molar-refractivity contribution is -0.142. The van der Waals surface area contributed by atoms with Gasteiger partial charge in [-0.15, -0.1) is 0 Å². The van der Waals surface area contributed by atoms with Crippen LogP contribution in [-0.2, 0) is 11.2 Å². The quantitative estimate of drug-likeness (QED) is 0.299. The predicted octanol–water partition coefficient (Wildman–Crippen LogP) is 2.14. The van der Waals surface area contributed by atoms with Crippen LogP contribution in [0, 0.1) is 11.3 Å². The lowest BCUT2D eigenvalue weighted by atomic mass is 9.98. The van der Waals surface area contributed by atoms with Gasteiger partial charge < -0.3 is 20.5 Å². The summed E-state index contributed by atoms with van der Waals surface area (Å²) in [6, 6.07) is 6.84. The Labute approximate surface area is 160 Å². The van der Waals surface area contributed by atoms with Gasteiger partial charge in [-0.05, 0) is 30.5 Å². The van der Waals surface area contributed by atoms with E-state index in [9.17, 15) is 9.59 Å². The molecule has 27 heavy (non-hydrogen) atoms. The number of esters is 1. The van der Waals surface area contributed by atoms with Crippen LogP contribution < -0.4 is 15.4 Å². The number of amidine groups is 1. The van der Waals surface area contributed by atoms with E-state index >= 15 is 0 Å². The highest BCUT2D eigenvalue weighted by Crippen LogP contribution is 2.28. The maximum atomic E-state index is 12.3. The normalized spacial score (nSPS) is 14.7. The van der Waals surface area contributed by atoms with Crippen molar-refractivity contribution in [2.45, 2.75) is 19.3 Å². The molecule has 1 aliphatic heterocycles. The molecule has 1 aliphatic rings. The molecule has 1 aromatic carbocycles. The van der Waals surface area contributed by atoms with Gasteiger partial charge in [0.25, 0.3) is 0 Å². The molecular formula is C18H20N4O4S. The Morgan fingerprint density at radius 1 is 1.30 bits per heavy atom. The zero-order chi connectivity index (χ0) is 19.4. The number of hydrogen-bond acceptors (Lipinski definition) is 7. The molecule has 0 spiro atoms. The molecule has 1 saturated heterocycles. The number of ether oxygens (including phenoxy) is 1. The van der Waals surface area contributed by atoms with Crippen LogP contribution in [0.4, 0.5) is 5.13 Å². The summed E-state index contributed by atoms with van der Waals surface area (Å²) >= 11 is 1.24. The van der Waals surface area contributed by atoms with E-state index in [4.69, 9.17) is 21.0 Å². The SMILES string of the molecule is N=C(N)Cc1ccc(OC(=O)c2cnc(N3CCC(C(=O)O)CC3)s2)cc1. The first kappa shape index (κ1) is 18.8. The van der Waals surface area contributed by atoms with E-state index in [2.05, 4.69) is 4.98 Å². The second-order valence-corrected chi connectivity index (χ2v) is 7.35. The first-order valence-electron chi connectivity index (χ1n) is 8.50.